The van der Waals surface area contributed by atoms with Gasteiger partial charge in [-0.05, 0) is 30.9 Å². The summed E-state index contributed by atoms with van der Waals surface area (Å²) in [5.74, 6) is 0.133. The lowest BCUT2D eigenvalue weighted by atomic mass is 10.1. The van der Waals surface area contributed by atoms with Gasteiger partial charge in [0.1, 0.15) is 0 Å². The van der Waals surface area contributed by atoms with Crippen LogP contribution < -0.4 is 0 Å². The van der Waals surface area contributed by atoms with Crippen molar-refractivity contribution >= 4 is 18.0 Å². The minimum Gasteiger partial charge on any atom is -0.418 e. The summed E-state index contributed by atoms with van der Waals surface area (Å²) in [5, 5.41) is 0. The van der Waals surface area contributed by atoms with E-state index in [9.17, 15) is 9.59 Å². The molecule has 3 amide bonds. The topological polar surface area (TPSA) is 65.4 Å². The molecule has 0 atom stereocenters. The van der Waals surface area contributed by atoms with Crippen LogP contribution in [0.4, 0.5) is 4.79 Å². The van der Waals surface area contributed by atoms with Gasteiger partial charge in [-0.25, -0.2) is 4.79 Å². The summed E-state index contributed by atoms with van der Waals surface area (Å²) in [7, 11) is 0. The Kier molecular flexibility index (Phi) is 4.36. The molecule has 0 aromatic heterocycles. The molecule has 0 saturated carbocycles. The lowest BCUT2D eigenvalue weighted by Crippen LogP contribution is -2.32. The van der Waals surface area contributed by atoms with E-state index in [2.05, 4.69) is 4.99 Å². The van der Waals surface area contributed by atoms with Crippen molar-refractivity contribution < 1.29 is 14.3 Å². The minimum absolute atomic E-state index is 0.123. The first-order chi connectivity index (χ1) is 12.6. The maximum Gasteiger partial charge on any atom is 0.348 e. The van der Waals surface area contributed by atoms with Crippen molar-refractivity contribution in [2.75, 3.05) is 26.2 Å². The Labute approximate surface area is 152 Å². The maximum atomic E-state index is 12.5. The predicted octanol–water partition coefficient (Wildman–Crippen LogP) is 2.08. The highest BCUT2D eigenvalue weighted by molar-refractivity contribution is 6.00. The van der Waals surface area contributed by atoms with Crippen LogP contribution >= 0.6 is 0 Å². The van der Waals surface area contributed by atoms with Crippen molar-refractivity contribution in [1.29, 1.82) is 0 Å². The third-order valence-corrected chi connectivity index (χ3v) is 5.02. The molecule has 3 aliphatic rings. The van der Waals surface area contributed by atoms with E-state index >= 15 is 0 Å². The number of amidine groups is 1. The summed E-state index contributed by atoms with van der Waals surface area (Å²) >= 11 is 0. The number of aliphatic imine (C=N–C) groups is 1. The smallest absolute Gasteiger partial charge is 0.348 e. The third kappa shape index (κ3) is 3.16. The fourth-order valence-electron chi connectivity index (χ4n) is 3.42. The number of nitrogens with zero attached hydrogens (tertiary/aromatic N) is 4. The van der Waals surface area contributed by atoms with E-state index < -0.39 is 0 Å². The van der Waals surface area contributed by atoms with Crippen LogP contribution in [-0.4, -0.2) is 58.8 Å². The summed E-state index contributed by atoms with van der Waals surface area (Å²) in [4.78, 5) is 34.3. The zero-order valence-electron chi connectivity index (χ0n) is 14.9. The molecule has 1 aromatic carbocycles. The number of rotatable bonds is 3. The number of carbonyl (C=O) groups is 2. The van der Waals surface area contributed by atoms with Gasteiger partial charge in [-0.2, -0.15) is 0 Å². The number of amides is 3. The van der Waals surface area contributed by atoms with E-state index in [0.29, 0.717) is 19.6 Å². The average molecular weight is 354 g/mol. The van der Waals surface area contributed by atoms with Gasteiger partial charge in [0, 0.05) is 32.7 Å². The molecular formula is C19H22N4O3. The van der Waals surface area contributed by atoms with Gasteiger partial charge >= 0.3 is 12.1 Å². The second-order valence-corrected chi connectivity index (χ2v) is 6.81. The number of benzene rings is 1. The zero-order chi connectivity index (χ0) is 18.1. The maximum absolute atomic E-state index is 12.5. The second kappa shape index (κ2) is 6.82. The molecule has 136 valence electrons. The molecule has 0 aliphatic carbocycles. The molecule has 3 heterocycles. The summed E-state index contributed by atoms with van der Waals surface area (Å²) in [6, 6.07) is 7.86. The summed E-state index contributed by atoms with van der Waals surface area (Å²) in [6.45, 7) is 5.13. The molecule has 4 rings (SSSR count). The third-order valence-electron chi connectivity index (χ3n) is 5.02. The first-order valence-corrected chi connectivity index (χ1v) is 8.99. The van der Waals surface area contributed by atoms with Crippen molar-refractivity contribution in [1.82, 2.24) is 14.7 Å². The molecule has 0 spiro atoms. The lowest BCUT2D eigenvalue weighted by Gasteiger charge is -2.20. The number of ether oxygens (including phenoxy) is 1. The number of aryl methyl sites for hydroxylation is 1. The molecule has 1 aromatic rings. The largest absolute Gasteiger partial charge is 0.418 e. The molecule has 0 N–H and O–H groups in total. The normalized spacial score (nSPS) is 19.7. The van der Waals surface area contributed by atoms with Gasteiger partial charge in [-0.15, -0.1) is 4.99 Å². The SMILES string of the molecule is Cc1ccccc1CN1CCN2C=C(C(=O)N3CCCC3)OC2=NC1=O. The molecule has 26 heavy (non-hydrogen) atoms. The van der Waals surface area contributed by atoms with Crippen molar-refractivity contribution in [3.8, 4) is 0 Å². The van der Waals surface area contributed by atoms with Crippen molar-refractivity contribution in [2.45, 2.75) is 26.3 Å². The predicted molar refractivity (Wildman–Crippen MR) is 96.1 cm³/mol. The lowest BCUT2D eigenvalue weighted by molar-refractivity contribution is -0.128. The van der Waals surface area contributed by atoms with Crippen LogP contribution in [0.2, 0.25) is 0 Å². The van der Waals surface area contributed by atoms with Gasteiger partial charge < -0.3 is 14.5 Å². The van der Waals surface area contributed by atoms with Crippen LogP contribution in [0.5, 0.6) is 0 Å². The molecule has 0 bridgehead atoms. The Hall–Kier alpha value is -2.83. The van der Waals surface area contributed by atoms with E-state index in [4.69, 9.17) is 4.74 Å². The molecule has 0 radical (unpaired) electrons. The number of fused-ring (bicyclic) bond motifs is 1. The van der Waals surface area contributed by atoms with E-state index in [1.807, 2.05) is 31.2 Å². The number of hydrogen-bond donors (Lipinski definition) is 0. The number of likely N-dealkylation sites (tertiary alicyclic amines) is 1. The standard InChI is InChI=1S/C19H22N4O3/c1-14-6-2-3-7-15(14)12-22-10-11-23-13-16(26-19(23)20-18(22)25)17(24)21-8-4-5-9-21/h2-3,6-7,13H,4-5,8-12H2,1H3. The fourth-order valence-corrected chi connectivity index (χ4v) is 3.42. The van der Waals surface area contributed by atoms with Crippen molar-refractivity contribution in [3.05, 3.63) is 47.4 Å². The van der Waals surface area contributed by atoms with Crippen LogP contribution in [0.15, 0.2) is 41.2 Å². The highest BCUT2D eigenvalue weighted by Gasteiger charge is 2.34. The van der Waals surface area contributed by atoms with Crippen LogP contribution in [0.25, 0.3) is 0 Å². The first kappa shape index (κ1) is 16.6. The Balaban J connectivity index is 1.45. The van der Waals surface area contributed by atoms with Crippen LogP contribution in [0.1, 0.15) is 24.0 Å². The molecule has 7 nitrogen and oxygen atoms in total. The summed E-state index contributed by atoms with van der Waals surface area (Å²) in [5.41, 5.74) is 2.25. The average Bonchev–Trinajstić information content (AvgIpc) is 3.27. The molecule has 3 aliphatic heterocycles. The van der Waals surface area contributed by atoms with Crippen LogP contribution in [0.3, 0.4) is 0 Å². The van der Waals surface area contributed by atoms with Crippen molar-refractivity contribution in [2.24, 2.45) is 4.99 Å². The van der Waals surface area contributed by atoms with Gasteiger partial charge in [-0.1, -0.05) is 24.3 Å². The summed E-state index contributed by atoms with van der Waals surface area (Å²) in [6.07, 6.45) is 3.72. The van der Waals surface area contributed by atoms with E-state index in [1.165, 1.54) is 0 Å². The molecular weight excluding hydrogens is 332 g/mol. The van der Waals surface area contributed by atoms with Gasteiger partial charge in [0.25, 0.3) is 5.91 Å². The van der Waals surface area contributed by atoms with Crippen molar-refractivity contribution in [3.63, 3.8) is 0 Å². The molecule has 0 unspecified atom stereocenters. The molecule has 1 fully saturated rings. The number of urea groups is 1. The van der Waals surface area contributed by atoms with Gasteiger partial charge in [0.15, 0.2) is 0 Å². The quantitative estimate of drug-likeness (QED) is 0.834. The fraction of sp³-hybridized carbons (Fsp3) is 0.421. The van der Waals surface area contributed by atoms with Gasteiger partial charge in [-0.3, -0.25) is 9.69 Å². The number of carbonyl (C=O) groups excluding carboxylic acids is 2. The van der Waals surface area contributed by atoms with Gasteiger partial charge in [0.05, 0.1) is 6.20 Å². The number of hydrogen-bond acceptors (Lipinski definition) is 4. The summed E-state index contributed by atoms with van der Waals surface area (Å²) < 4.78 is 5.61. The monoisotopic (exact) mass is 354 g/mol. The highest BCUT2D eigenvalue weighted by atomic mass is 16.5. The van der Waals surface area contributed by atoms with Crippen LogP contribution in [-0.2, 0) is 16.1 Å². The Bertz CT molecular complexity index is 796. The Morgan fingerprint density at radius 2 is 1.92 bits per heavy atom. The highest BCUT2D eigenvalue weighted by Crippen LogP contribution is 2.22. The Morgan fingerprint density at radius 3 is 2.69 bits per heavy atom. The van der Waals surface area contributed by atoms with E-state index in [-0.39, 0.29) is 23.7 Å². The molecule has 7 heteroatoms. The first-order valence-electron chi connectivity index (χ1n) is 8.99. The molecule has 1 saturated heterocycles. The second-order valence-electron chi connectivity index (χ2n) is 6.81. The Morgan fingerprint density at radius 1 is 1.15 bits per heavy atom. The van der Waals surface area contributed by atoms with Gasteiger partial charge in [0.2, 0.25) is 5.76 Å². The van der Waals surface area contributed by atoms with E-state index in [0.717, 1.165) is 37.1 Å². The minimum atomic E-state index is -0.339. The van der Waals surface area contributed by atoms with Crippen LogP contribution in [0, 0.1) is 6.92 Å². The zero-order valence-corrected chi connectivity index (χ0v) is 14.9. The van der Waals surface area contributed by atoms with E-state index in [1.54, 1.807) is 20.9 Å².